The number of nitrogens with zero attached hydrogens (tertiary/aromatic N) is 2. The molecule has 1 aromatic carbocycles. The molecule has 2 amide bonds. The molecule has 0 fully saturated rings. The molecule has 0 aliphatic rings. The van der Waals surface area contributed by atoms with Crippen LogP contribution >= 0.6 is 0 Å². The Labute approximate surface area is 127 Å². The van der Waals surface area contributed by atoms with Gasteiger partial charge in [0.1, 0.15) is 0 Å². The molecular formula is C16H27N3O2. The van der Waals surface area contributed by atoms with E-state index in [4.69, 9.17) is 5.11 Å². The standard InChI is InChI=1S/C16H27N3O2/c1-5-18(11-12-20)16(21)17-14-7-9-15(10-8-14)19(6-2)13(3)4/h7-10,13,20H,5-6,11-12H2,1-4H3,(H,17,21). The Balaban J connectivity index is 2.72. The van der Waals surface area contributed by atoms with Gasteiger partial charge in [0.15, 0.2) is 0 Å². The first-order chi connectivity index (χ1) is 10.0. The normalized spacial score (nSPS) is 10.6. The number of aliphatic hydroxyl groups is 1. The zero-order valence-corrected chi connectivity index (χ0v) is 13.5. The van der Waals surface area contributed by atoms with Crippen LogP contribution < -0.4 is 10.2 Å². The largest absolute Gasteiger partial charge is 0.395 e. The predicted molar refractivity (Wildman–Crippen MR) is 87.9 cm³/mol. The van der Waals surface area contributed by atoms with Crippen LogP contribution in [0.1, 0.15) is 27.7 Å². The monoisotopic (exact) mass is 293 g/mol. The zero-order valence-electron chi connectivity index (χ0n) is 13.5. The fraction of sp³-hybridized carbons (Fsp3) is 0.562. The second-order valence-electron chi connectivity index (χ2n) is 5.16. The summed E-state index contributed by atoms with van der Waals surface area (Å²) >= 11 is 0. The van der Waals surface area contributed by atoms with Gasteiger partial charge in [0, 0.05) is 37.1 Å². The van der Waals surface area contributed by atoms with Gasteiger partial charge in [0.05, 0.1) is 6.61 Å². The molecule has 1 rings (SSSR count). The van der Waals surface area contributed by atoms with Gasteiger partial charge in [-0.05, 0) is 52.0 Å². The molecule has 0 bridgehead atoms. The molecule has 0 aliphatic heterocycles. The lowest BCUT2D eigenvalue weighted by atomic mass is 10.2. The van der Waals surface area contributed by atoms with E-state index in [0.717, 1.165) is 17.9 Å². The molecule has 118 valence electrons. The number of hydrogen-bond acceptors (Lipinski definition) is 3. The van der Waals surface area contributed by atoms with Crippen LogP contribution in [0.3, 0.4) is 0 Å². The van der Waals surface area contributed by atoms with Crippen molar-refractivity contribution in [1.29, 1.82) is 0 Å². The maximum Gasteiger partial charge on any atom is 0.321 e. The number of anilines is 2. The summed E-state index contributed by atoms with van der Waals surface area (Å²) in [6.07, 6.45) is 0. The summed E-state index contributed by atoms with van der Waals surface area (Å²) in [7, 11) is 0. The zero-order chi connectivity index (χ0) is 15.8. The van der Waals surface area contributed by atoms with Crippen LogP contribution in [0.2, 0.25) is 0 Å². The van der Waals surface area contributed by atoms with Crippen molar-refractivity contribution in [2.24, 2.45) is 0 Å². The Morgan fingerprint density at radius 2 is 1.81 bits per heavy atom. The molecule has 0 saturated carbocycles. The number of carbonyl (C=O) groups is 1. The van der Waals surface area contributed by atoms with Crippen LogP contribution in [0.25, 0.3) is 0 Å². The summed E-state index contributed by atoms with van der Waals surface area (Å²) in [6.45, 7) is 10.2. The fourth-order valence-electron chi connectivity index (χ4n) is 2.31. The molecule has 1 aromatic rings. The molecule has 0 aromatic heterocycles. The number of urea groups is 1. The van der Waals surface area contributed by atoms with E-state index in [1.807, 2.05) is 31.2 Å². The maximum absolute atomic E-state index is 12.0. The van der Waals surface area contributed by atoms with Gasteiger partial charge in [-0.25, -0.2) is 4.79 Å². The molecular weight excluding hydrogens is 266 g/mol. The van der Waals surface area contributed by atoms with Crippen molar-refractivity contribution < 1.29 is 9.90 Å². The number of hydrogen-bond donors (Lipinski definition) is 2. The van der Waals surface area contributed by atoms with Crippen LogP contribution in [0, 0.1) is 0 Å². The lowest BCUT2D eigenvalue weighted by Gasteiger charge is -2.27. The Kier molecular flexibility index (Phi) is 7.02. The Hall–Kier alpha value is -1.75. The molecule has 0 unspecified atom stereocenters. The minimum absolute atomic E-state index is 0.0277. The van der Waals surface area contributed by atoms with E-state index in [9.17, 15) is 4.79 Å². The average molecular weight is 293 g/mol. The number of nitrogens with one attached hydrogen (secondary N) is 1. The van der Waals surface area contributed by atoms with Crippen molar-refractivity contribution in [3.05, 3.63) is 24.3 Å². The van der Waals surface area contributed by atoms with Crippen molar-refractivity contribution in [2.75, 3.05) is 36.5 Å². The van der Waals surface area contributed by atoms with Crippen LogP contribution in [-0.2, 0) is 0 Å². The minimum atomic E-state index is -0.185. The Morgan fingerprint density at radius 1 is 1.19 bits per heavy atom. The first-order valence-corrected chi connectivity index (χ1v) is 7.56. The topological polar surface area (TPSA) is 55.8 Å². The summed E-state index contributed by atoms with van der Waals surface area (Å²) in [4.78, 5) is 15.9. The SMILES string of the molecule is CCN(CCO)C(=O)Nc1ccc(N(CC)C(C)C)cc1. The molecule has 0 atom stereocenters. The highest BCUT2D eigenvalue weighted by atomic mass is 16.3. The lowest BCUT2D eigenvalue weighted by molar-refractivity contribution is 0.192. The van der Waals surface area contributed by atoms with E-state index in [-0.39, 0.29) is 12.6 Å². The molecule has 0 saturated heterocycles. The second-order valence-corrected chi connectivity index (χ2v) is 5.16. The van der Waals surface area contributed by atoms with E-state index in [1.54, 1.807) is 4.90 Å². The molecule has 5 nitrogen and oxygen atoms in total. The van der Waals surface area contributed by atoms with E-state index in [1.165, 1.54) is 0 Å². The molecule has 2 N–H and O–H groups in total. The van der Waals surface area contributed by atoms with Gasteiger partial charge in [0.2, 0.25) is 0 Å². The molecule has 0 aliphatic carbocycles. The third kappa shape index (κ3) is 4.93. The highest BCUT2D eigenvalue weighted by molar-refractivity contribution is 5.89. The summed E-state index contributed by atoms with van der Waals surface area (Å²) in [5, 5.41) is 11.8. The molecule has 0 spiro atoms. The van der Waals surface area contributed by atoms with E-state index in [0.29, 0.717) is 19.1 Å². The van der Waals surface area contributed by atoms with Crippen molar-refractivity contribution in [2.45, 2.75) is 33.7 Å². The average Bonchev–Trinajstić information content (AvgIpc) is 2.46. The van der Waals surface area contributed by atoms with Gasteiger partial charge < -0.3 is 20.2 Å². The summed E-state index contributed by atoms with van der Waals surface area (Å²) in [6, 6.07) is 8.10. The maximum atomic E-state index is 12.0. The van der Waals surface area contributed by atoms with Crippen LogP contribution in [0.5, 0.6) is 0 Å². The third-order valence-electron chi connectivity index (χ3n) is 3.45. The van der Waals surface area contributed by atoms with Gasteiger partial charge in [0.25, 0.3) is 0 Å². The van der Waals surface area contributed by atoms with E-state index >= 15 is 0 Å². The predicted octanol–water partition coefficient (Wildman–Crippen LogP) is 2.77. The number of amides is 2. The Bertz CT molecular complexity index is 432. The highest BCUT2D eigenvalue weighted by Gasteiger charge is 2.12. The number of carbonyl (C=O) groups excluding carboxylic acids is 1. The highest BCUT2D eigenvalue weighted by Crippen LogP contribution is 2.20. The van der Waals surface area contributed by atoms with Crippen molar-refractivity contribution >= 4 is 17.4 Å². The smallest absolute Gasteiger partial charge is 0.321 e. The third-order valence-corrected chi connectivity index (χ3v) is 3.45. The molecule has 0 radical (unpaired) electrons. The molecule has 5 heteroatoms. The number of aliphatic hydroxyl groups excluding tert-OH is 1. The summed E-state index contributed by atoms with van der Waals surface area (Å²) in [5.74, 6) is 0. The fourth-order valence-corrected chi connectivity index (χ4v) is 2.31. The second kappa shape index (κ2) is 8.52. The Morgan fingerprint density at radius 3 is 2.24 bits per heavy atom. The first kappa shape index (κ1) is 17.3. The number of benzene rings is 1. The quantitative estimate of drug-likeness (QED) is 0.813. The van der Waals surface area contributed by atoms with E-state index < -0.39 is 0 Å². The van der Waals surface area contributed by atoms with Gasteiger partial charge in [-0.1, -0.05) is 0 Å². The minimum Gasteiger partial charge on any atom is -0.395 e. The number of likely N-dealkylation sites (N-methyl/N-ethyl adjacent to an activating group) is 1. The van der Waals surface area contributed by atoms with Crippen LogP contribution in [-0.4, -0.2) is 48.3 Å². The lowest BCUT2D eigenvalue weighted by Crippen LogP contribution is -2.36. The molecule has 0 heterocycles. The van der Waals surface area contributed by atoms with Crippen molar-refractivity contribution in [3.63, 3.8) is 0 Å². The number of rotatable bonds is 7. The summed E-state index contributed by atoms with van der Waals surface area (Å²) < 4.78 is 0. The van der Waals surface area contributed by atoms with Crippen LogP contribution in [0.4, 0.5) is 16.2 Å². The molecule has 21 heavy (non-hydrogen) atoms. The van der Waals surface area contributed by atoms with Crippen molar-refractivity contribution in [1.82, 2.24) is 4.90 Å². The van der Waals surface area contributed by atoms with Gasteiger partial charge in [-0.2, -0.15) is 0 Å². The van der Waals surface area contributed by atoms with Gasteiger partial charge in [-0.3, -0.25) is 0 Å². The first-order valence-electron chi connectivity index (χ1n) is 7.56. The van der Waals surface area contributed by atoms with Gasteiger partial charge >= 0.3 is 6.03 Å². The van der Waals surface area contributed by atoms with Crippen molar-refractivity contribution in [3.8, 4) is 0 Å². The summed E-state index contributed by atoms with van der Waals surface area (Å²) in [5.41, 5.74) is 1.91. The van der Waals surface area contributed by atoms with Crippen LogP contribution in [0.15, 0.2) is 24.3 Å². The van der Waals surface area contributed by atoms with Gasteiger partial charge in [-0.15, -0.1) is 0 Å². The van der Waals surface area contributed by atoms with E-state index in [2.05, 4.69) is 31.0 Å².